The molecule has 6 nitrogen and oxygen atoms in total. The van der Waals surface area contributed by atoms with E-state index in [4.69, 9.17) is 9.47 Å². The molecule has 27 heavy (non-hydrogen) atoms. The number of carbonyl (C=O) groups excluding carboxylic acids is 1. The minimum absolute atomic E-state index is 0.113. The summed E-state index contributed by atoms with van der Waals surface area (Å²) in [5.41, 5.74) is 1.80. The highest BCUT2D eigenvalue weighted by Gasteiger charge is 2.21. The third kappa shape index (κ3) is 5.12. The molecule has 0 unspecified atom stereocenters. The number of hydrogen-bond donors (Lipinski definition) is 2. The number of benzene rings is 1. The summed E-state index contributed by atoms with van der Waals surface area (Å²) >= 11 is 0. The van der Waals surface area contributed by atoms with Crippen molar-refractivity contribution in [1.29, 1.82) is 0 Å². The van der Waals surface area contributed by atoms with Gasteiger partial charge in [0, 0.05) is 12.5 Å². The monoisotopic (exact) mass is 369 g/mol. The number of anilines is 2. The van der Waals surface area contributed by atoms with Crippen molar-refractivity contribution in [2.24, 2.45) is 5.92 Å². The number of nitrogens with zero attached hydrogens (tertiary/aromatic N) is 1. The van der Waals surface area contributed by atoms with E-state index in [0.717, 1.165) is 42.8 Å². The Hall–Kier alpha value is -2.76. The molecule has 2 aromatic rings. The molecule has 6 heteroatoms. The smallest absolute Gasteiger partial charge is 0.227 e. The lowest BCUT2D eigenvalue weighted by molar-refractivity contribution is -0.120. The Bertz CT molecular complexity index is 756. The highest BCUT2D eigenvalue weighted by atomic mass is 16.5. The van der Waals surface area contributed by atoms with Gasteiger partial charge in [-0.1, -0.05) is 25.3 Å². The predicted octanol–water partition coefficient (Wildman–Crippen LogP) is 4.23. The minimum Gasteiger partial charge on any atom is -0.493 e. The molecule has 0 bridgehead atoms. The molecule has 3 rings (SSSR count). The second-order valence-corrected chi connectivity index (χ2v) is 6.80. The fraction of sp³-hybridized carbons (Fsp3) is 0.429. The minimum atomic E-state index is 0.113. The second kappa shape index (κ2) is 9.26. The number of ether oxygens (including phenoxy) is 2. The summed E-state index contributed by atoms with van der Waals surface area (Å²) in [4.78, 5) is 16.7. The van der Waals surface area contributed by atoms with Gasteiger partial charge in [-0.2, -0.15) is 0 Å². The largest absolute Gasteiger partial charge is 0.493 e. The molecule has 0 atom stereocenters. The lowest BCUT2D eigenvalue weighted by atomic mass is 9.88. The van der Waals surface area contributed by atoms with Crippen LogP contribution in [0.5, 0.6) is 11.5 Å². The summed E-state index contributed by atoms with van der Waals surface area (Å²) in [6.45, 7) is 0.612. The van der Waals surface area contributed by atoms with Crippen LogP contribution in [0, 0.1) is 5.92 Å². The lowest BCUT2D eigenvalue weighted by Gasteiger charge is -2.20. The Morgan fingerprint density at radius 1 is 1.07 bits per heavy atom. The van der Waals surface area contributed by atoms with Gasteiger partial charge in [-0.05, 0) is 42.7 Å². The Kier molecular flexibility index (Phi) is 6.52. The maximum absolute atomic E-state index is 12.3. The van der Waals surface area contributed by atoms with Crippen LogP contribution in [0.25, 0.3) is 0 Å². The maximum Gasteiger partial charge on any atom is 0.227 e. The topological polar surface area (TPSA) is 72.5 Å². The van der Waals surface area contributed by atoms with Crippen molar-refractivity contribution >= 4 is 17.4 Å². The maximum atomic E-state index is 12.3. The van der Waals surface area contributed by atoms with Crippen molar-refractivity contribution in [3.05, 3.63) is 42.1 Å². The van der Waals surface area contributed by atoms with Crippen molar-refractivity contribution in [2.45, 2.75) is 38.6 Å². The van der Waals surface area contributed by atoms with Crippen molar-refractivity contribution in [1.82, 2.24) is 4.98 Å². The van der Waals surface area contributed by atoms with E-state index in [0.29, 0.717) is 18.0 Å². The molecule has 1 aliphatic carbocycles. The quantitative estimate of drug-likeness (QED) is 0.764. The molecular formula is C21H27N3O3. The SMILES string of the molecule is COc1ccc(CNc2ccc(NC(=O)C3CCCCC3)cn2)cc1OC. The first-order valence-corrected chi connectivity index (χ1v) is 9.41. The molecule has 144 valence electrons. The van der Waals surface area contributed by atoms with Crippen LogP contribution >= 0.6 is 0 Å². The van der Waals surface area contributed by atoms with Crippen LogP contribution in [0.15, 0.2) is 36.5 Å². The molecule has 1 aliphatic rings. The van der Waals surface area contributed by atoms with Gasteiger partial charge in [0.15, 0.2) is 11.5 Å². The normalized spacial score (nSPS) is 14.4. The van der Waals surface area contributed by atoms with Crippen LogP contribution in [0.1, 0.15) is 37.7 Å². The van der Waals surface area contributed by atoms with Crippen LogP contribution in [-0.2, 0) is 11.3 Å². The van der Waals surface area contributed by atoms with Crippen LogP contribution in [0.3, 0.4) is 0 Å². The van der Waals surface area contributed by atoms with E-state index in [1.165, 1.54) is 6.42 Å². The number of amides is 1. The summed E-state index contributed by atoms with van der Waals surface area (Å²) in [6, 6.07) is 9.55. The van der Waals surface area contributed by atoms with Gasteiger partial charge in [0.1, 0.15) is 5.82 Å². The van der Waals surface area contributed by atoms with Crippen LogP contribution in [0.2, 0.25) is 0 Å². The molecule has 1 fully saturated rings. The number of rotatable bonds is 7. The third-order valence-corrected chi connectivity index (χ3v) is 4.93. The molecule has 0 radical (unpaired) electrons. The average Bonchev–Trinajstić information content (AvgIpc) is 2.73. The molecule has 1 aromatic carbocycles. The summed E-state index contributed by atoms with van der Waals surface area (Å²) in [5.74, 6) is 2.41. The number of methoxy groups -OCH3 is 2. The van der Waals surface area contributed by atoms with Crippen LogP contribution in [-0.4, -0.2) is 25.1 Å². The first-order valence-electron chi connectivity index (χ1n) is 9.41. The summed E-state index contributed by atoms with van der Waals surface area (Å²) in [7, 11) is 3.24. The van der Waals surface area contributed by atoms with E-state index < -0.39 is 0 Å². The second-order valence-electron chi connectivity index (χ2n) is 6.80. The zero-order valence-corrected chi connectivity index (χ0v) is 16.0. The van der Waals surface area contributed by atoms with Gasteiger partial charge in [-0.15, -0.1) is 0 Å². The number of carbonyl (C=O) groups is 1. The molecule has 1 heterocycles. The van der Waals surface area contributed by atoms with Crippen molar-refractivity contribution < 1.29 is 14.3 Å². The molecule has 0 aliphatic heterocycles. The Morgan fingerprint density at radius 3 is 2.52 bits per heavy atom. The van der Waals surface area contributed by atoms with E-state index in [1.54, 1.807) is 20.4 Å². The van der Waals surface area contributed by atoms with E-state index in [2.05, 4.69) is 15.6 Å². The highest BCUT2D eigenvalue weighted by Crippen LogP contribution is 2.28. The number of nitrogens with one attached hydrogen (secondary N) is 2. The van der Waals surface area contributed by atoms with E-state index in [-0.39, 0.29) is 11.8 Å². The van der Waals surface area contributed by atoms with Gasteiger partial charge in [-0.3, -0.25) is 4.79 Å². The summed E-state index contributed by atoms with van der Waals surface area (Å²) in [6.07, 6.45) is 7.21. The standard InChI is InChI=1S/C21H27N3O3/c1-26-18-10-8-15(12-19(18)27-2)13-22-20-11-9-17(14-23-20)24-21(25)16-6-4-3-5-7-16/h8-12,14,16H,3-7,13H2,1-2H3,(H,22,23)(H,24,25). The predicted molar refractivity (Wildman–Crippen MR) is 106 cm³/mol. The molecule has 1 saturated carbocycles. The number of aromatic nitrogens is 1. The Labute approximate surface area is 160 Å². The van der Waals surface area contributed by atoms with Crippen molar-refractivity contribution in [2.75, 3.05) is 24.9 Å². The third-order valence-electron chi connectivity index (χ3n) is 4.93. The molecule has 1 aromatic heterocycles. The molecular weight excluding hydrogens is 342 g/mol. The first-order chi connectivity index (χ1) is 13.2. The number of pyridine rings is 1. The van der Waals surface area contributed by atoms with Gasteiger partial charge in [0.2, 0.25) is 5.91 Å². The molecule has 1 amide bonds. The zero-order valence-electron chi connectivity index (χ0n) is 16.0. The van der Waals surface area contributed by atoms with Crippen LogP contribution < -0.4 is 20.1 Å². The highest BCUT2D eigenvalue weighted by molar-refractivity contribution is 5.92. The molecule has 0 spiro atoms. The zero-order chi connectivity index (χ0) is 19.1. The van der Waals surface area contributed by atoms with Gasteiger partial charge in [0.25, 0.3) is 0 Å². The lowest BCUT2D eigenvalue weighted by Crippen LogP contribution is -2.24. The van der Waals surface area contributed by atoms with E-state index in [9.17, 15) is 4.79 Å². The summed E-state index contributed by atoms with van der Waals surface area (Å²) < 4.78 is 10.6. The fourth-order valence-corrected chi connectivity index (χ4v) is 3.36. The van der Waals surface area contributed by atoms with Gasteiger partial charge in [0.05, 0.1) is 26.1 Å². The van der Waals surface area contributed by atoms with E-state index in [1.807, 2.05) is 30.3 Å². The van der Waals surface area contributed by atoms with Gasteiger partial charge >= 0.3 is 0 Å². The number of hydrogen-bond acceptors (Lipinski definition) is 5. The molecule has 0 saturated heterocycles. The fourth-order valence-electron chi connectivity index (χ4n) is 3.36. The average molecular weight is 369 g/mol. The summed E-state index contributed by atoms with van der Waals surface area (Å²) in [5, 5.41) is 6.25. The van der Waals surface area contributed by atoms with Gasteiger partial charge in [-0.25, -0.2) is 4.98 Å². The van der Waals surface area contributed by atoms with Crippen molar-refractivity contribution in [3.63, 3.8) is 0 Å². The first kappa shape index (κ1) is 19.0. The van der Waals surface area contributed by atoms with Crippen molar-refractivity contribution in [3.8, 4) is 11.5 Å². The van der Waals surface area contributed by atoms with Gasteiger partial charge < -0.3 is 20.1 Å². The molecule has 2 N–H and O–H groups in total. The van der Waals surface area contributed by atoms with E-state index >= 15 is 0 Å². The Morgan fingerprint density at radius 2 is 1.85 bits per heavy atom. The Balaban J connectivity index is 1.54. The van der Waals surface area contributed by atoms with Crippen LogP contribution in [0.4, 0.5) is 11.5 Å².